The number of hydrogen-bond donors (Lipinski definition) is 2. The van der Waals surface area contributed by atoms with Gasteiger partial charge in [-0.3, -0.25) is 0 Å². The zero-order valence-corrected chi connectivity index (χ0v) is 11.7. The third kappa shape index (κ3) is 3.29. The number of carbonyl (C=O) groups excluding carboxylic acids is 1. The molecule has 1 aromatic carbocycles. The molecule has 1 aromatic rings. The van der Waals surface area contributed by atoms with Gasteiger partial charge in [0.05, 0.1) is 18.7 Å². The molecule has 0 aliphatic carbocycles. The molecule has 1 aliphatic rings. The Labute approximate surface area is 120 Å². The van der Waals surface area contributed by atoms with Crippen molar-refractivity contribution in [1.82, 2.24) is 4.90 Å². The number of carbonyl (C=O) groups is 1. The summed E-state index contributed by atoms with van der Waals surface area (Å²) in [4.78, 5) is 13.3. The van der Waals surface area contributed by atoms with Crippen molar-refractivity contribution in [2.75, 3.05) is 18.4 Å². The van der Waals surface area contributed by atoms with Crippen LogP contribution in [-0.2, 0) is 6.18 Å². The predicted molar refractivity (Wildman–Crippen MR) is 71.8 cm³/mol. The molecule has 0 radical (unpaired) electrons. The number of nitrogens with zero attached hydrogens (tertiary/aromatic N) is 1. The van der Waals surface area contributed by atoms with Gasteiger partial charge in [0.25, 0.3) is 0 Å². The highest BCUT2D eigenvalue weighted by atomic mass is 19.4. The van der Waals surface area contributed by atoms with E-state index in [1.54, 1.807) is 0 Å². The third-order valence-electron chi connectivity index (χ3n) is 3.75. The van der Waals surface area contributed by atoms with Crippen LogP contribution in [0.2, 0.25) is 0 Å². The number of β-amino-alcohol motifs (C(OH)–C–C–N with tert-alkyl or cyclic N) is 1. The average molecular weight is 302 g/mol. The van der Waals surface area contributed by atoms with Crippen LogP contribution in [0, 0.1) is 5.92 Å². The first-order chi connectivity index (χ1) is 9.62. The number of aliphatic hydroxyl groups is 1. The fourth-order valence-corrected chi connectivity index (χ4v) is 2.07. The van der Waals surface area contributed by atoms with Gasteiger partial charge in [0.2, 0.25) is 0 Å². The third-order valence-corrected chi connectivity index (χ3v) is 3.75. The van der Waals surface area contributed by atoms with Crippen molar-refractivity contribution in [2.24, 2.45) is 5.92 Å². The summed E-state index contributed by atoms with van der Waals surface area (Å²) in [6.45, 7) is 4.17. The molecule has 0 saturated carbocycles. The van der Waals surface area contributed by atoms with E-state index < -0.39 is 23.4 Å². The van der Waals surface area contributed by atoms with Crippen LogP contribution in [-0.4, -0.2) is 34.7 Å². The second-order valence-electron chi connectivity index (χ2n) is 5.62. The number of amides is 2. The monoisotopic (exact) mass is 302 g/mol. The number of halogens is 3. The molecule has 1 heterocycles. The molecular formula is C14H17F3N2O2. The van der Waals surface area contributed by atoms with Gasteiger partial charge in [0.1, 0.15) is 5.60 Å². The van der Waals surface area contributed by atoms with E-state index in [1.807, 2.05) is 13.8 Å². The summed E-state index contributed by atoms with van der Waals surface area (Å²) in [5.41, 5.74) is -1.36. The second-order valence-corrected chi connectivity index (χ2v) is 5.62. The van der Waals surface area contributed by atoms with Crippen molar-refractivity contribution in [3.8, 4) is 0 Å². The summed E-state index contributed by atoms with van der Waals surface area (Å²) in [5, 5.41) is 12.6. The lowest BCUT2D eigenvalue weighted by Crippen LogP contribution is -2.66. The molecule has 21 heavy (non-hydrogen) atoms. The molecule has 7 heteroatoms. The van der Waals surface area contributed by atoms with E-state index in [0.717, 1.165) is 12.1 Å². The summed E-state index contributed by atoms with van der Waals surface area (Å²) >= 11 is 0. The molecular weight excluding hydrogens is 285 g/mol. The Balaban J connectivity index is 1.93. The van der Waals surface area contributed by atoms with Crippen molar-refractivity contribution in [3.63, 3.8) is 0 Å². The minimum absolute atomic E-state index is 0.0348. The molecule has 2 rings (SSSR count). The van der Waals surface area contributed by atoms with E-state index in [-0.39, 0.29) is 24.7 Å². The lowest BCUT2D eigenvalue weighted by Gasteiger charge is -2.48. The molecule has 1 saturated heterocycles. The Kier molecular flexibility index (Phi) is 3.88. The van der Waals surface area contributed by atoms with Gasteiger partial charge in [-0.25, -0.2) is 4.79 Å². The molecule has 2 amide bonds. The van der Waals surface area contributed by atoms with E-state index in [2.05, 4.69) is 5.32 Å². The van der Waals surface area contributed by atoms with E-state index in [9.17, 15) is 23.1 Å². The molecule has 0 bridgehead atoms. The van der Waals surface area contributed by atoms with Crippen LogP contribution in [0.25, 0.3) is 0 Å². The lowest BCUT2D eigenvalue weighted by molar-refractivity contribution is -0.137. The van der Waals surface area contributed by atoms with E-state index in [4.69, 9.17) is 0 Å². The highest BCUT2D eigenvalue weighted by molar-refractivity contribution is 5.90. The maximum atomic E-state index is 12.4. The molecule has 0 atom stereocenters. The number of hydrogen-bond acceptors (Lipinski definition) is 2. The van der Waals surface area contributed by atoms with Crippen LogP contribution < -0.4 is 5.32 Å². The summed E-state index contributed by atoms with van der Waals surface area (Å²) in [7, 11) is 0. The molecule has 4 nitrogen and oxygen atoms in total. The normalized spacial score (nSPS) is 17.6. The molecule has 0 unspecified atom stereocenters. The summed E-state index contributed by atoms with van der Waals surface area (Å²) < 4.78 is 37.2. The number of rotatable bonds is 2. The first-order valence-corrected chi connectivity index (χ1v) is 6.57. The Morgan fingerprint density at radius 2 is 1.81 bits per heavy atom. The van der Waals surface area contributed by atoms with Gasteiger partial charge in [0.15, 0.2) is 0 Å². The standard InChI is InChI=1S/C14H17F3N2O2/c1-9(2)13(21)7-19(8-13)12(20)18-11-5-3-10(4-6-11)14(15,16)17/h3-6,9,21H,7-8H2,1-2H3,(H,18,20). The molecule has 2 N–H and O–H groups in total. The summed E-state index contributed by atoms with van der Waals surface area (Å²) in [6.07, 6.45) is -4.40. The Bertz CT molecular complexity index is 520. The Morgan fingerprint density at radius 1 is 1.29 bits per heavy atom. The van der Waals surface area contributed by atoms with Gasteiger partial charge in [-0.15, -0.1) is 0 Å². The average Bonchev–Trinajstić information content (AvgIpc) is 2.34. The van der Waals surface area contributed by atoms with Gasteiger partial charge in [-0.05, 0) is 30.2 Å². The van der Waals surface area contributed by atoms with Crippen molar-refractivity contribution in [1.29, 1.82) is 0 Å². The smallest absolute Gasteiger partial charge is 0.386 e. The number of anilines is 1. The van der Waals surface area contributed by atoms with E-state index in [0.29, 0.717) is 0 Å². The van der Waals surface area contributed by atoms with Gasteiger partial charge in [-0.1, -0.05) is 13.8 Å². The molecule has 0 spiro atoms. The quantitative estimate of drug-likeness (QED) is 0.882. The van der Waals surface area contributed by atoms with Crippen LogP contribution >= 0.6 is 0 Å². The van der Waals surface area contributed by atoms with Crippen LogP contribution in [0.4, 0.5) is 23.7 Å². The number of benzene rings is 1. The van der Waals surface area contributed by atoms with Gasteiger partial charge in [0, 0.05) is 5.69 Å². The van der Waals surface area contributed by atoms with Crippen LogP contribution in [0.3, 0.4) is 0 Å². The number of nitrogens with one attached hydrogen (secondary N) is 1. The zero-order valence-electron chi connectivity index (χ0n) is 11.7. The van der Waals surface area contributed by atoms with Crippen molar-refractivity contribution < 1.29 is 23.1 Å². The molecule has 116 valence electrons. The fraction of sp³-hybridized carbons (Fsp3) is 0.500. The largest absolute Gasteiger partial charge is 0.416 e. The van der Waals surface area contributed by atoms with Crippen LogP contribution in [0.1, 0.15) is 19.4 Å². The Hall–Kier alpha value is -1.76. The first-order valence-electron chi connectivity index (χ1n) is 6.57. The van der Waals surface area contributed by atoms with Crippen molar-refractivity contribution >= 4 is 11.7 Å². The topological polar surface area (TPSA) is 52.6 Å². The van der Waals surface area contributed by atoms with Crippen LogP contribution in [0.5, 0.6) is 0 Å². The maximum Gasteiger partial charge on any atom is 0.416 e. The zero-order chi connectivity index (χ0) is 15.8. The van der Waals surface area contributed by atoms with Gasteiger partial charge in [-0.2, -0.15) is 13.2 Å². The second kappa shape index (κ2) is 5.22. The van der Waals surface area contributed by atoms with Gasteiger partial charge < -0.3 is 15.3 Å². The molecule has 0 aromatic heterocycles. The summed E-state index contributed by atoms with van der Waals surface area (Å²) in [5.74, 6) is 0.0348. The number of urea groups is 1. The van der Waals surface area contributed by atoms with E-state index in [1.165, 1.54) is 17.0 Å². The van der Waals surface area contributed by atoms with Crippen LogP contribution in [0.15, 0.2) is 24.3 Å². The van der Waals surface area contributed by atoms with Crippen molar-refractivity contribution in [2.45, 2.75) is 25.6 Å². The molecule has 1 fully saturated rings. The first kappa shape index (κ1) is 15.6. The highest BCUT2D eigenvalue weighted by Crippen LogP contribution is 2.31. The van der Waals surface area contributed by atoms with Crippen molar-refractivity contribution in [3.05, 3.63) is 29.8 Å². The fourth-order valence-electron chi connectivity index (χ4n) is 2.07. The Morgan fingerprint density at radius 3 is 2.24 bits per heavy atom. The highest BCUT2D eigenvalue weighted by Gasteiger charge is 2.45. The summed E-state index contributed by atoms with van der Waals surface area (Å²) in [6, 6.07) is 3.80. The van der Waals surface area contributed by atoms with E-state index >= 15 is 0 Å². The number of likely N-dealkylation sites (tertiary alicyclic amines) is 1. The lowest BCUT2D eigenvalue weighted by atomic mass is 9.83. The maximum absolute atomic E-state index is 12.4. The number of alkyl halides is 3. The SMILES string of the molecule is CC(C)C1(O)CN(C(=O)Nc2ccc(C(F)(F)F)cc2)C1. The minimum atomic E-state index is -4.40. The minimum Gasteiger partial charge on any atom is -0.386 e. The van der Waals surface area contributed by atoms with Gasteiger partial charge >= 0.3 is 12.2 Å². The predicted octanol–water partition coefficient (Wildman–Crippen LogP) is 2.94. The molecule has 1 aliphatic heterocycles.